The average molecular weight is 447 g/mol. The zero-order chi connectivity index (χ0) is 21.8. The fourth-order valence-corrected chi connectivity index (χ4v) is 5.81. The van der Waals surface area contributed by atoms with Crippen LogP contribution >= 0.6 is 0 Å². The highest BCUT2D eigenvalue weighted by atomic mass is 32.2. The Kier molecular flexibility index (Phi) is 7.02. The molecule has 31 heavy (non-hydrogen) atoms. The molecule has 2 aliphatic heterocycles. The third-order valence-electron chi connectivity index (χ3n) is 6.88. The molecule has 4 aliphatic rings. The van der Waals surface area contributed by atoms with Gasteiger partial charge in [0.1, 0.15) is 11.5 Å². The predicted molar refractivity (Wildman–Crippen MR) is 122 cm³/mol. The minimum Gasteiger partial charge on any atom is -0.464 e. The van der Waals surface area contributed by atoms with Gasteiger partial charge < -0.3 is 9.73 Å². The van der Waals surface area contributed by atoms with E-state index in [9.17, 15) is 13.2 Å². The molecule has 6 nitrogen and oxygen atoms in total. The smallest absolute Gasteiger partial charge is 0.235 e. The first-order chi connectivity index (χ1) is 14.9. The maximum atomic E-state index is 11.9. The number of likely N-dealkylation sites (tertiary alicyclic amines) is 1. The van der Waals surface area contributed by atoms with Gasteiger partial charge in [-0.3, -0.25) is 9.69 Å². The van der Waals surface area contributed by atoms with Crippen LogP contribution in [0.4, 0.5) is 0 Å². The number of hydrogen-bond donors (Lipinski definition) is 1. The number of piperidine rings is 1. The van der Waals surface area contributed by atoms with Gasteiger partial charge in [0.05, 0.1) is 6.26 Å². The maximum absolute atomic E-state index is 11.9. The molecular weight excluding hydrogens is 412 g/mol. The van der Waals surface area contributed by atoms with Crippen LogP contribution in [0, 0.1) is 5.92 Å². The Labute approximate surface area is 185 Å². The molecule has 2 aliphatic carbocycles. The van der Waals surface area contributed by atoms with E-state index < -0.39 is 15.6 Å². The van der Waals surface area contributed by atoms with Crippen LogP contribution in [0.2, 0.25) is 0 Å². The Morgan fingerprint density at radius 2 is 1.97 bits per heavy atom. The monoisotopic (exact) mass is 446 g/mol. The SMILES string of the molecule is CS(=O)(=O)CC(=O)N[C@H]1CC[C@H](CCN2CCCCC2c2coc3cccc-3c2)CC1. The summed E-state index contributed by atoms with van der Waals surface area (Å²) in [6.07, 6.45) is 12.0. The topological polar surface area (TPSA) is 79.6 Å². The largest absolute Gasteiger partial charge is 0.464 e. The molecule has 1 saturated carbocycles. The van der Waals surface area contributed by atoms with Gasteiger partial charge in [-0.1, -0.05) is 18.6 Å². The quantitative estimate of drug-likeness (QED) is 0.695. The van der Waals surface area contributed by atoms with Crippen LogP contribution in [0.3, 0.4) is 0 Å². The van der Waals surface area contributed by atoms with Crippen LogP contribution in [0.15, 0.2) is 34.9 Å². The van der Waals surface area contributed by atoms with Crippen LogP contribution in [0.1, 0.15) is 63.0 Å². The summed E-state index contributed by atoms with van der Waals surface area (Å²) in [5.74, 6) is 0.847. The van der Waals surface area contributed by atoms with Crippen LogP contribution in [-0.4, -0.2) is 50.4 Å². The van der Waals surface area contributed by atoms with Gasteiger partial charge >= 0.3 is 0 Å². The van der Waals surface area contributed by atoms with Crippen LogP contribution in [-0.2, 0) is 14.6 Å². The lowest BCUT2D eigenvalue weighted by atomic mass is 9.83. The Balaban J connectivity index is 1.27. The minimum absolute atomic E-state index is 0.117. The molecule has 2 fully saturated rings. The first-order valence-corrected chi connectivity index (χ1v) is 13.6. The Morgan fingerprint density at radius 3 is 2.74 bits per heavy atom. The number of carbonyl (C=O) groups excluding carboxylic acids is 1. The molecule has 7 heteroatoms. The average Bonchev–Trinajstić information content (AvgIpc) is 3.20. The minimum atomic E-state index is -3.27. The van der Waals surface area contributed by atoms with E-state index in [1.807, 2.05) is 18.4 Å². The van der Waals surface area contributed by atoms with Crippen LogP contribution in [0.5, 0.6) is 0 Å². The van der Waals surface area contributed by atoms with E-state index in [0.29, 0.717) is 12.0 Å². The summed E-state index contributed by atoms with van der Waals surface area (Å²) in [4.78, 5) is 14.5. The molecule has 0 aromatic carbocycles. The molecule has 1 N–H and O–H groups in total. The highest BCUT2D eigenvalue weighted by Gasteiger charge is 2.28. The molecule has 1 atom stereocenters. The van der Waals surface area contributed by atoms with E-state index in [1.165, 1.54) is 36.8 Å². The first-order valence-electron chi connectivity index (χ1n) is 11.6. The number of hydrogen-bond acceptors (Lipinski definition) is 5. The van der Waals surface area contributed by atoms with E-state index in [4.69, 9.17) is 4.42 Å². The predicted octanol–water partition coefficient (Wildman–Crippen LogP) is 4.02. The summed E-state index contributed by atoms with van der Waals surface area (Å²) in [5, 5.41) is 2.90. The van der Waals surface area contributed by atoms with E-state index >= 15 is 0 Å². The second kappa shape index (κ2) is 9.74. The van der Waals surface area contributed by atoms with Crippen molar-refractivity contribution in [2.24, 2.45) is 5.92 Å². The summed E-state index contributed by atoms with van der Waals surface area (Å²) < 4.78 is 28.4. The van der Waals surface area contributed by atoms with Gasteiger partial charge in [-0.05, 0) is 76.1 Å². The number of amides is 1. The van der Waals surface area contributed by atoms with Gasteiger partial charge in [0.15, 0.2) is 9.84 Å². The third-order valence-corrected chi connectivity index (χ3v) is 7.67. The molecule has 0 radical (unpaired) electrons. The Morgan fingerprint density at radius 1 is 1.16 bits per heavy atom. The normalized spacial score (nSPS) is 25.5. The molecule has 0 spiro atoms. The van der Waals surface area contributed by atoms with Crippen LogP contribution < -0.4 is 5.32 Å². The summed E-state index contributed by atoms with van der Waals surface area (Å²) in [5.41, 5.74) is 2.47. The van der Waals surface area contributed by atoms with Gasteiger partial charge in [0, 0.05) is 29.5 Å². The molecule has 2 heterocycles. The summed E-state index contributed by atoms with van der Waals surface area (Å²) in [6.45, 7) is 2.24. The van der Waals surface area contributed by atoms with Crippen molar-refractivity contribution in [1.82, 2.24) is 10.2 Å². The van der Waals surface area contributed by atoms with Crippen molar-refractivity contribution in [1.29, 1.82) is 0 Å². The molecule has 1 amide bonds. The molecule has 0 aromatic heterocycles. The van der Waals surface area contributed by atoms with Crippen molar-refractivity contribution in [2.75, 3.05) is 25.1 Å². The molecule has 1 unspecified atom stereocenters. The standard InChI is InChI=1S/C24H34N2O4S/c1-31(28,29)17-24(27)25-21-10-8-18(9-11-21)12-14-26-13-3-2-6-22(26)20-15-19-5-4-7-23(19)30-16-20/h4-5,7,15-16,18,21-22H,2-3,6,8-14,17H2,1H3,(H,25,27)/t18-,21-,22?. The van der Waals surface area contributed by atoms with Gasteiger partial charge in [-0.2, -0.15) is 0 Å². The lowest BCUT2D eigenvalue weighted by molar-refractivity contribution is -0.119. The van der Waals surface area contributed by atoms with Gasteiger partial charge in [-0.25, -0.2) is 8.42 Å². The van der Waals surface area contributed by atoms with Crippen molar-refractivity contribution in [3.63, 3.8) is 0 Å². The van der Waals surface area contributed by atoms with Gasteiger partial charge in [-0.15, -0.1) is 0 Å². The van der Waals surface area contributed by atoms with Crippen molar-refractivity contribution >= 4 is 15.7 Å². The molecule has 1 saturated heterocycles. The van der Waals surface area contributed by atoms with E-state index in [2.05, 4.69) is 22.3 Å². The second-order valence-electron chi connectivity index (χ2n) is 9.42. The number of sulfone groups is 1. The molecule has 0 aromatic rings. The second-order valence-corrected chi connectivity index (χ2v) is 11.6. The maximum Gasteiger partial charge on any atom is 0.235 e. The summed E-state index contributed by atoms with van der Waals surface area (Å²) in [7, 11) is -3.27. The number of fused-ring (bicyclic) bond motifs is 1. The fourth-order valence-electron chi connectivity index (χ4n) is 5.25. The van der Waals surface area contributed by atoms with Crippen molar-refractivity contribution in [3.05, 3.63) is 36.1 Å². The number of nitrogens with zero attached hydrogens (tertiary/aromatic N) is 1. The van der Waals surface area contributed by atoms with E-state index in [-0.39, 0.29) is 11.9 Å². The van der Waals surface area contributed by atoms with Crippen molar-refractivity contribution in [2.45, 2.75) is 63.5 Å². The van der Waals surface area contributed by atoms with Crippen LogP contribution in [0.25, 0.3) is 11.3 Å². The van der Waals surface area contributed by atoms with Gasteiger partial charge in [0.2, 0.25) is 5.91 Å². The number of carbonyl (C=O) groups is 1. The van der Waals surface area contributed by atoms with Gasteiger partial charge in [0.25, 0.3) is 0 Å². The fraction of sp³-hybridized carbons (Fsp3) is 0.625. The van der Waals surface area contributed by atoms with Crippen molar-refractivity contribution < 1.29 is 17.6 Å². The lowest BCUT2D eigenvalue weighted by Gasteiger charge is -2.37. The lowest BCUT2D eigenvalue weighted by Crippen LogP contribution is -2.41. The number of rotatable bonds is 7. The first kappa shape index (κ1) is 22.3. The van der Waals surface area contributed by atoms with Crippen molar-refractivity contribution in [3.8, 4) is 11.3 Å². The highest BCUT2D eigenvalue weighted by Crippen LogP contribution is 2.36. The molecule has 170 valence electrons. The Hall–Kier alpha value is -1.86. The molecule has 0 bridgehead atoms. The molecule has 4 rings (SSSR count). The third kappa shape index (κ3) is 6.10. The Bertz CT molecular complexity index is 946. The highest BCUT2D eigenvalue weighted by molar-refractivity contribution is 7.91. The molecular formula is C24H34N2O4S. The summed E-state index contributed by atoms with van der Waals surface area (Å²) >= 11 is 0. The zero-order valence-corrected chi connectivity index (χ0v) is 19.2. The zero-order valence-electron chi connectivity index (χ0n) is 18.4. The number of nitrogens with one attached hydrogen (secondary N) is 1. The summed E-state index contributed by atoms with van der Waals surface area (Å²) in [6, 6.07) is 9.00. The van der Waals surface area contributed by atoms with E-state index in [1.54, 1.807) is 0 Å². The van der Waals surface area contributed by atoms with E-state index in [0.717, 1.165) is 50.8 Å².